The number of methoxy groups -OCH3 is 2. The van der Waals surface area contributed by atoms with Crippen LogP contribution >= 0.6 is 0 Å². The van der Waals surface area contributed by atoms with Gasteiger partial charge in [-0.3, -0.25) is 4.79 Å². The van der Waals surface area contributed by atoms with Gasteiger partial charge in [0.25, 0.3) is 0 Å². The highest BCUT2D eigenvalue weighted by atomic mass is 16.5. The molecule has 3 aromatic rings. The number of amides is 1. The second-order valence-corrected chi connectivity index (χ2v) is 5.82. The maximum atomic E-state index is 12.1. The van der Waals surface area contributed by atoms with Crippen LogP contribution < -0.4 is 14.8 Å². The third-order valence-corrected chi connectivity index (χ3v) is 4.02. The number of aromatic nitrogens is 2. The van der Waals surface area contributed by atoms with Crippen LogP contribution in [-0.2, 0) is 17.8 Å². The van der Waals surface area contributed by atoms with Gasteiger partial charge in [0.2, 0.25) is 17.7 Å². The maximum absolute atomic E-state index is 12.1. The Morgan fingerprint density at radius 2 is 1.93 bits per heavy atom. The molecule has 0 aliphatic carbocycles. The van der Waals surface area contributed by atoms with Crippen molar-refractivity contribution in [3.05, 3.63) is 60.0 Å². The third kappa shape index (κ3) is 4.84. The molecule has 1 N–H and O–H groups in total. The summed E-state index contributed by atoms with van der Waals surface area (Å²) >= 11 is 0. The number of carbonyl (C=O) groups excluding carboxylic acids is 1. The van der Waals surface area contributed by atoms with E-state index < -0.39 is 0 Å². The molecule has 0 spiro atoms. The number of hydrogen-bond donors (Lipinski definition) is 1. The van der Waals surface area contributed by atoms with Crippen molar-refractivity contribution in [3.8, 4) is 23.0 Å². The number of nitrogens with one attached hydrogen (secondary N) is 1. The molecule has 1 amide bonds. The van der Waals surface area contributed by atoms with E-state index in [2.05, 4.69) is 15.5 Å². The van der Waals surface area contributed by atoms with Gasteiger partial charge in [0.05, 0.1) is 14.2 Å². The molecule has 2 aromatic carbocycles. The first kappa shape index (κ1) is 18.4. The van der Waals surface area contributed by atoms with E-state index in [1.807, 2.05) is 48.5 Å². The van der Waals surface area contributed by atoms with Crippen molar-refractivity contribution >= 4 is 5.91 Å². The normalized spacial score (nSPS) is 10.4. The molecule has 0 saturated carbocycles. The van der Waals surface area contributed by atoms with Crippen molar-refractivity contribution in [2.24, 2.45) is 0 Å². The Kier molecular flexibility index (Phi) is 6.04. The van der Waals surface area contributed by atoms with E-state index >= 15 is 0 Å². The fourth-order valence-corrected chi connectivity index (χ4v) is 2.58. The predicted molar refractivity (Wildman–Crippen MR) is 99.4 cm³/mol. The zero-order valence-corrected chi connectivity index (χ0v) is 15.3. The molecule has 0 unspecified atom stereocenters. The number of rotatable bonds is 8. The summed E-state index contributed by atoms with van der Waals surface area (Å²) in [6.07, 6.45) is 0.629. The number of carbonyl (C=O) groups is 1. The minimum Gasteiger partial charge on any atom is -0.497 e. The standard InChI is InChI=1S/C20H21N3O4/c1-25-16-8-5-7-14(12-16)20-23-22-19(27-20)11-10-18(24)21-13-15-6-3-4-9-17(15)26-2/h3-9,12H,10-11,13H2,1-2H3,(H,21,24). The summed E-state index contributed by atoms with van der Waals surface area (Å²) < 4.78 is 16.1. The zero-order chi connectivity index (χ0) is 19.1. The monoisotopic (exact) mass is 367 g/mol. The molecule has 0 radical (unpaired) electrons. The van der Waals surface area contributed by atoms with Gasteiger partial charge >= 0.3 is 0 Å². The molecule has 0 aliphatic rings. The number of para-hydroxylation sites is 1. The molecule has 7 heteroatoms. The maximum Gasteiger partial charge on any atom is 0.247 e. The van der Waals surface area contributed by atoms with Gasteiger partial charge in [0.1, 0.15) is 11.5 Å². The van der Waals surface area contributed by atoms with Crippen LogP contribution in [-0.4, -0.2) is 30.3 Å². The molecule has 7 nitrogen and oxygen atoms in total. The Labute approximate surface area is 157 Å². The highest BCUT2D eigenvalue weighted by Gasteiger charge is 2.11. The van der Waals surface area contributed by atoms with E-state index in [9.17, 15) is 4.79 Å². The second kappa shape index (κ2) is 8.84. The average molecular weight is 367 g/mol. The molecular weight excluding hydrogens is 346 g/mol. The summed E-state index contributed by atoms with van der Waals surface area (Å²) in [4.78, 5) is 12.1. The van der Waals surface area contributed by atoms with Crippen LogP contribution in [0.5, 0.6) is 11.5 Å². The van der Waals surface area contributed by atoms with Crippen molar-refractivity contribution in [3.63, 3.8) is 0 Å². The number of nitrogens with zero attached hydrogens (tertiary/aromatic N) is 2. The van der Waals surface area contributed by atoms with Crippen molar-refractivity contribution in [2.45, 2.75) is 19.4 Å². The Morgan fingerprint density at radius 3 is 2.74 bits per heavy atom. The van der Waals surface area contributed by atoms with Crippen molar-refractivity contribution in [2.75, 3.05) is 14.2 Å². The molecule has 0 bridgehead atoms. The van der Waals surface area contributed by atoms with Gasteiger partial charge in [-0.05, 0) is 24.3 Å². The number of hydrogen-bond acceptors (Lipinski definition) is 6. The quantitative estimate of drug-likeness (QED) is 0.659. The molecule has 140 valence electrons. The number of benzene rings is 2. The Hall–Kier alpha value is -3.35. The molecule has 1 aromatic heterocycles. The lowest BCUT2D eigenvalue weighted by Crippen LogP contribution is -2.23. The second-order valence-electron chi connectivity index (χ2n) is 5.82. The third-order valence-electron chi connectivity index (χ3n) is 4.02. The van der Waals surface area contributed by atoms with Crippen LogP contribution in [0.2, 0.25) is 0 Å². The number of ether oxygens (including phenoxy) is 2. The van der Waals surface area contributed by atoms with Crippen LogP contribution in [0.15, 0.2) is 52.9 Å². The first-order valence-corrected chi connectivity index (χ1v) is 8.55. The van der Waals surface area contributed by atoms with Gasteiger partial charge in [0.15, 0.2) is 0 Å². The molecule has 27 heavy (non-hydrogen) atoms. The first-order chi connectivity index (χ1) is 13.2. The van der Waals surface area contributed by atoms with Crippen LogP contribution in [0.4, 0.5) is 0 Å². The molecule has 0 aliphatic heterocycles. The van der Waals surface area contributed by atoms with Gasteiger partial charge < -0.3 is 19.2 Å². The highest BCUT2D eigenvalue weighted by molar-refractivity contribution is 5.76. The van der Waals surface area contributed by atoms with E-state index in [1.54, 1.807) is 14.2 Å². The summed E-state index contributed by atoms with van der Waals surface area (Å²) in [5, 5.41) is 10.9. The molecule has 0 atom stereocenters. The SMILES string of the molecule is COc1cccc(-c2nnc(CCC(=O)NCc3ccccc3OC)o2)c1. The summed E-state index contributed by atoms with van der Waals surface area (Å²) in [5.41, 5.74) is 1.69. The number of aryl methyl sites for hydroxylation is 1. The van der Waals surface area contributed by atoms with Crippen LogP contribution in [0.25, 0.3) is 11.5 Å². The lowest BCUT2D eigenvalue weighted by Gasteiger charge is -2.09. The molecule has 0 fully saturated rings. The topological polar surface area (TPSA) is 86.5 Å². The van der Waals surface area contributed by atoms with Crippen molar-refractivity contribution in [1.82, 2.24) is 15.5 Å². The van der Waals surface area contributed by atoms with Gasteiger partial charge in [-0.15, -0.1) is 10.2 Å². The van der Waals surface area contributed by atoms with E-state index in [0.717, 1.165) is 16.9 Å². The molecular formula is C20H21N3O4. The van der Waals surface area contributed by atoms with Crippen LogP contribution in [0, 0.1) is 0 Å². The van der Waals surface area contributed by atoms with Gasteiger partial charge in [-0.2, -0.15) is 0 Å². The summed E-state index contributed by atoms with van der Waals surface area (Å²) in [5.74, 6) is 2.18. The largest absolute Gasteiger partial charge is 0.497 e. The van der Waals surface area contributed by atoms with Gasteiger partial charge in [-0.1, -0.05) is 24.3 Å². The van der Waals surface area contributed by atoms with E-state index in [4.69, 9.17) is 13.9 Å². The lowest BCUT2D eigenvalue weighted by molar-refractivity contribution is -0.121. The van der Waals surface area contributed by atoms with Gasteiger partial charge in [0, 0.05) is 30.5 Å². The average Bonchev–Trinajstić information content (AvgIpc) is 3.20. The van der Waals surface area contributed by atoms with E-state index in [1.165, 1.54) is 0 Å². The summed E-state index contributed by atoms with van der Waals surface area (Å²) in [6, 6.07) is 14.9. The van der Waals surface area contributed by atoms with E-state index in [0.29, 0.717) is 30.5 Å². The van der Waals surface area contributed by atoms with Crippen LogP contribution in [0.1, 0.15) is 17.9 Å². The lowest BCUT2D eigenvalue weighted by atomic mass is 10.2. The fraction of sp³-hybridized carbons (Fsp3) is 0.250. The van der Waals surface area contributed by atoms with E-state index in [-0.39, 0.29) is 12.3 Å². The summed E-state index contributed by atoms with van der Waals surface area (Å²) in [6.45, 7) is 0.405. The highest BCUT2D eigenvalue weighted by Crippen LogP contribution is 2.23. The fourth-order valence-electron chi connectivity index (χ4n) is 2.58. The summed E-state index contributed by atoms with van der Waals surface area (Å²) in [7, 11) is 3.21. The van der Waals surface area contributed by atoms with Gasteiger partial charge in [-0.25, -0.2) is 0 Å². The molecule has 0 saturated heterocycles. The first-order valence-electron chi connectivity index (χ1n) is 8.55. The predicted octanol–water partition coefficient (Wildman–Crippen LogP) is 3.00. The Bertz CT molecular complexity index is 908. The zero-order valence-electron chi connectivity index (χ0n) is 15.3. The molecule has 1 heterocycles. The van der Waals surface area contributed by atoms with Crippen molar-refractivity contribution in [1.29, 1.82) is 0 Å². The minimum absolute atomic E-state index is 0.0953. The smallest absolute Gasteiger partial charge is 0.247 e. The van der Waals surface area contributed by atoms with Crippen LogP contribution in [0.3, 0.4) is 0 Å². The Balaban J connectivity index is 1.53. The van der Waals surface area contributed by atoms with Crippen molar-refractivity contribution < 1.29 is 18.7 Å². The molecule has 3 rings (SSSR count). The Morgan fingerprint density at radius 1 is 1.07 bits per heavy atom. The minimum atomic E-state index is -0.0953.